The number of hydrogen-bond acceptors (Lipinski definition) is 3. The highest BCUT2D eigenvalue weighted by molar-refractivity contribution is 5.90. The molecule has 0 aromatic heterocycles. The number of aliphatic carboxylic acids is 1. The summed E-state index contributed by atoms with van der Waals surface area (Å²) in [6.07, 6.45) is 7.23. The summed E-state index contributed by atoms with van der Waals surface area (Å²) >= 11 is 0. The molecule has 5 heteroatoms. The van der Waals surface area contributed by atoms with Crippen LogP contribution in [-0.4, -0.2) is 46.2 Å². The molecule has 0 aromatic carbocycles. The van der Waals surface area contributed by atoms with Crippen LogP contribution in [-0.2, 0) is 14.3 Å². The third-order valence-corrected chi connectivity index (χ3v) is 5.08. The summed E-state index contributed by atoms with van der Waals surface area (Å²) in [4.78, 5) is 26.1. The number of carboxylic acid groups (broad SMARTS) is 1. The second-order valence-electron chi connectivity index (χ2n) is 6.91. The quantitative estimate of drug-likeness (QED) is 0.789. The topological polar surface area (TPSA) is 66.8 Å². The Morgan fingerprint density at radius 2 is 2.32 bits per heavy atom. The van der Waals surface area contributed by atoms with Gasteiger partial charge in [-0.2, -0.15) is 0 Å². The van der Waals surface area contributed by atoms with Gasteiger partial charge in [0.05, 0.1) is 18.6 Å². The van der Waals surface area contributed by atoms with E-state index in [0.29, 0.717) is 6.54 Å². The van der Waals surface area contributed by atoms with Crippen LogP contribution in [0.15, 0.2) is 23.8 Å². The van der Waals surface area contributed by atoms with Gasteiger partial charge in [0.1, 0.15) is 11.5 Å². The molecule has 0 aliphatic carbocycles. The fourth-order valence-corrected chi connectivity index (χ4v) is 3.95. The minimum Gasteiger partial charge on any atom is -0.481 e. The van der Waals surface area contributed by atoms with Gasteiger partial charge < -0.3 is 14.7 Å². The molecule has 3 aliphatic heterocycles. The number of allylic oxidation sites excluding steroid dienone is 2. The molecule has 1 amide bonds. The normalized spacial score (nSPS) is 36.6. The largest absolute Gasteiger partial charge is 0.481 e. The number of carboxylic acids is 1. The Morgan fingerprint density at radius 1 is 1.59 bits per heavy atom. The Bertz CT molecular complexity index is 563. The van der Waals surface area contributed by atoms with Crippen LogP contribution in [0.5, 0.6) is 0 Å². The summed E-state index contributed by atoms with van der Waals surface area (Å²) in [6, 6.07) is 0.0913. The average molecular weight is 305 g/mol. The van der Waals surface area contributed by atoms with Gasteiger partial charge in [-0.15, -0.1) is 0 Å². The molecule has 5 nitrogen and oxygen atoms in total. The van der Waals surface area contributed by atoms with E-state index in [9.17, 15) is 14.7 Å². The van der Waals surface area contributed by atoms with Crippen molar-refractivity contribution in [3.63, 3.8) is 0 Å². The van der Waals surface area contributed by atoms with Gasteiger partial charge in [-0.25, -0.2) is 0 Å². The van der Waals surface area contributed by atoms with Crippen molar-refractivity contribution in [1.29, 1.82) is 0 Å². The Balaban J connectivity index is 1.76. The highest BCUT2D eigenvalue weighted by Gasteiger charge is 2.67. The van der Waals surface area contributed by atoms with E-state index < -0.39 is 29.5 Å². The lowest BCUT2D eigenvalue weighted by Crippen LogP contribution is -2.40. The maximum Gasteiger partial charge on any atom is 0.310 e. The van der Waals surface area contributed by atoms with Crippen LogP contribution in [0.3, 0.4) is 0 Å². The molecule has 3 heterocycles. The van der Waals surface area contributed by atoms with Crippen LogP contribution in [0, 0.1) is 11.8 Å². The first-order valence-electron chi connectivity index (χ1n) is 7.89. The van der Waals surface area contributed by atoms with Crippen LogP contribution >= 0.6 is 0 Å². The van der Waals surface area contributed by atoms with Gasteiger partial charge in [0.2, 0.25) is 5.91 Å². The van der Waals surface area contributed by atoms with Gasteiger partial charge >= 0.3 is 5.97 Å². The number of amides is 1. The van der Waals surface area contributed by atoms with Crippen LogP contribution < -0.4 is 0 Å². The molecule has 2 bridgehead atoms. The summed E-state index contributed by atoms with van der Waals surface area (Å²) < 4.78 is 5.88. The summed E-state index contributed by atoms with van der Waals surface area (Å²) in [5.74, 6) is -2.31. The second kappa shape index (κ2) is 5.23. The van der Waals surface area contributed by atoms with Crippen molar-refractivity contribution in [1.82, 2.24) is 4.90 Å². The average Bonchev–Trinajstić information content (AvgIpc) is 3.06. The smallest absolute Gasteiger partial charge is 0.310 e. The van der Waals surface area contributed by atoms with Crippen molar-refractivity contribution in [2.45, 2.75) is 51.4 Å². The number of likely N-dealkylation sites (tertiary alicyclic amines) is 1. The molecule has 120 valence electrons. The number of hydrogen-bond donors (Lipinski definition) is 1. The van der Waals surface area contributed by atoms with Crippen molar-refractivity contribution >= 4 is 11.9 Å². The molecule has 0 aromatic rings. The monoisotopic (exact) mass is 305 g/mol. The standard InChI is InChI=1S/C17H23NO4/c1-10(2)5-4-6-11(3)18-9-17-8-7-12(22-17)13(16(20)21)14(17)15(18)19/h5,7-8,11-14H,4,6,9H2,1-3H3,(H,20,21)/t11?,12?,13?,14-,17-/m1/s1. The Kier molecular flexibility index (Phi) is 3.63. The Morgan fingerprint density at radius 3 is 2.95 bits per heavy atom. The molecule has 3 aliphatic rings. The van der Waals surface area contributed by atoms with Crippen molar-refractivity contribution in [3.05, 3.63) is 23.8 Å². The lowest BCUT2D eigenvalue weighted by molar-refractivity contribution is -0.148. The molecule has 5 atom stereocenters. The molecule has 2 fully saturated rings. The molecular formula is C17H23NO4. The van der Waals surface area contributed by atoms with Crippen LogP contribution in [0.25, 0.3) is 0 Å². The minimum atomic E-state index is -0.936. The summed E-state index contributed by atoms with van der Waals surface area (Å²) in [5.41, 5.74) is 0.557. The lowest BCUT2D eigenvalue weighted by Gasteiger charge is -2.27. The van der Waals surface area contributed by atoms with E-state index in [4.69, 9.17) is 4.74 Å². The van der Waals surface area contributed by atoms with E-state index in [0.717, 1.165) is 12.8 Å². The van der Waals surface area contributed by atoms with Crippen molar-refractivity contribution in [3.8, 4) is 0 Å². The maximum atomic E-state index is 12.8. The van der Waals surface area contributed by atoms with Gasteiger partial charge in [-0.3, -0.25) is 9.59 Å². The zero-order valence-corrected chi connectivity index (χ0v) is 13.3. The Labute approximate surface area is 130 Å². The number of carbonyl (C=O) groups excluding carboxylic acids is 1. The SMILES string of the molecule is CC(C)=CCCC(C)N1C[C@@]23C=CC(O2)C(C(=O)O)[C@@H]3C1=O. The van der Waals surface area contributed by atoms with Crippen molar-refractivity contribution in [2.24, 2.45) is 11.8 Å². The fraction of sp³-hybridized carbons (Fsp3) is 0.647. The van der Waals surface area contributed by atoms with E-state index in [1.807, 2.05) is 17.9 Å². The second-order valence-corrected chi connectivity index (χ2v) is 6.91. The van der Waals surface area contributed by atoms with Crippen molar-refractivity contribution < 1.29 is 19.4 Å². The van der Waals surface area contributed by atoms with E-state index in [1.165, 1.54) is 5.57 Å². The van der Waals surface area contributed by atoms with E-state index in [2.05, 4.69) is 19.9 Å². The minimum absolute atomic E-state index is 0.0658. The Hall–Kier alpha value is -1.62. The molecule has 1 spiro atoms. The third-order valence-electron chi connectivity index (χ3n) is 5.08. The number of rotatable bonds is 5. The van der Waals surface area contributed by atoms with Gasteiger partial charge in [0.25, 0.3) is 0 Å². The molecule has 3 unspecified atom stereocenters. The van der Waals surface area contributed by atoms with Gasteiger partial charge in [-0.1, -0.05) is 23.8 Å². The van der Waals surface area contributed by atoms with Crippen LogP contribution in [0.1, 0.15) is 33.6 Å². The first-order chi connectivity index (χ1) is 10.4. The predicted molar refractivity (Wildman–Crippen MR) is 81.2 cm³/mol. The van der Waals surface area contributed by atoms with Gasteiger partial charge in [0.15, 0.2) is 0 Å². The fourth-order valence-electron chi connectivity index (χ4n) is 3.95. The predicted octanol–water partition coefficient (Wildman–Crippen LogP) is 1.99. The first kappa shape index (κ1) is 15.3. The highest BCUT2D eigenvalue weighted by atomic mass is 16.5. The molecule has 0 radical (unpaired) electrons. The van der Waals surface area contributed by atoms with E-state index in [1.54, 1.807) is 6.08 Å². The molecule has 2 saturated heterocycles. The van der Waals surface area contributed by atoms with Crippen LogP contribution in [0.2, 0.25) is 0 Å². The summed E-state index contributed by atoms with van der Waals surface area (Å²) in [6.45, 7) is 6.62. The number of fused-ring (bicyclic) bond motifs is 1. The van der Waals surface area contributed by atoms with Gasteiger partial charge in [-0.05, 0) is 33.6 Å². The highest BCUT2D eigenvalue weighted by Crippen LogP contribution is 2.52. The number of nitrogens with zero attached hydrogens (tertiary/aromatic N) is 1. The summed E-state index contributed by atoms with van der Waals surface area (Å²) in [7, 11) is 0. The number of carbonyl (C=O) groups is 2. The maximum absolute atomic E-state index is 12.8. The molecule has 1 N–H and O–H groups in total. The third kappa shape index (κ3) is 2.19. The zero-order valence-electron chi connectivity index (χ0n) is 13.3. The molecule has 3 rings (SSSR count). The zero-order chi connectivity index (χ0) is 16.1. The lowest BCUT2D eigenvalue weighted by atomic mass is 9.77. The first-order valence-corrected chi connectivity index (χ1v) is 7.89. The van der Waals surface area contributed by atoms with Crippen LogP contribution in [0.4, 0.5) is 0 Å². The van der Waals surface area contributed by atoms with Crippen molar-refractivity contribution in [2.75, 3.05) is 6.54 Å². The molecular weight excluding hydrogens is 282 g/mol. The summed E-state index contributed by atoms with van der Waals surface area (Å²) in [5, 5.41) is 9.43. The van der Waals surface area contributed by atoms with E-state index in [-0.39, 0.29) is 11.9 Å². The molecule has 22 heavy (non-hydrogen) atoms. The van der Waals surface area contributed by atoms with Gasteiger partial charge in [0, 0.05) is 6.04 Å². The number of ether oxygens (including phenoxy) is 1. The molecule has 0 saturated carbocycles. The van der Waals surface area contributed by atoms with E-state index >= 15 is 0 Å².